The SMILES string of the molecule is Cc1ccccc1-c1nnc(SC(C)C(=O)N2N=C(c3ccc(Cl)cc3)CC2c2ccco2)o1. The van der Waals surface area contributed by atoms with Gasteiger partial charge in [-0.25, -0.2) is 5.01 Å². The number of carbonyl (C=O) groups is 1. The van der Waals surface area contributed by atoms with Crippen LogP contribution in [0.15, 0.2) is 86.1 Å². The molecule has 0 bridgehead atoms. The molecular weight excluding hydrogens is 472 g/mol. The summed E-state index contributed by atoms with van der Waals surface area (Å²) in [5, 5.41) is 14.9. The maximum absolute atomic E-state index is 13.5. The van der Waals surface area contributed by atoms with Crippen LogP contribution < -0.4 is 0 Å². The van der Waals surface area contributed by atoms with Gasteiger partial charge >= 0.3 is 0 Å². The monoisotopic (exact) mass is 492 g/mol. The second-order valence-electron chi connectivity index (χ2n) is 7.92. The standard InChI is InChI=1S/C25H21ClN4O3S/c1-15-6-3-4-7-19(15)23-27-28-25(33-23)34-16(2)24(31)30-21(22-8-5-13-32-22)14-20(29-30)17-9-11-18(26)12-10-17/h3-13,16,21H,14H2,1-2H3. The van der Waals surface area contributed by atoms with Gasteiger partial charge in [-0.2, -0.15) is 5.10 Å². The maximum atomic E-state index is 13.5. The molecule has 1 amide bonds. The van der Waals surface area contributed by atoms with Crippen molar-refractivity contribution in [1.29, 1.82) is 0 Å². The Morgan fingerprint density at radius 1 is 1.12 bits per heavy atom. The van der Waals surface area contributed by atoms with Crippen LogP contribution in [0, 0.1) is 6.92 Å². The second kappa shape index (κ2) is 9.48. The number of thioether (sulfide) groups is 1. The molecule has 2 atom stereocenters. The third kappa shape index (κ3) is 4.51. The summed E-state index contributed by atoms with van der Waals surface area (Å²) in [6.07, 6.45) is 2.14. The highest BCUT2D eigenvalue weighted by Gasteiger charge is 2.37. The van der Waals surface area contributed by atoms with Gasteiger partial charge in [0.1, 0.15) is 11.8 Å². The summed E-state index contributed by atoms with van der Waals surface area (Å²) in [5.74, 6) is 0.932. The number of halogens is 1. The Kier molecular flexibility index (Phi) is 6.26. The van der Waals surface area contributed by atoms with E-state index >= 15 is 0 Å². The number of hydrogen-bond acceptors (Lipinski definition) is 7. The molecule has 0 aliphatic carbocycles. The fourth-order valence-electron chi connectivity index (χ4n) is 3.80. The molecular formula is C25H21ClN4O3S. The molecule has 0 saturated carbocycles. The fraction of sp³-hybridized carbons (Fsp3) is 0.200. The van der Waals surface area contributed by atoms with Crippen LogP contribution in [-0.4, -0.2) is 32.1 Å². The van der Waals surface area contributed by atoms with Crippen LogP contribution in [0.1, 0.15) is 36.3 Å². The molecule has 3 heterocycles. The molecule has 2 aromatic carbocycles. The lowest BCUT2D eigenvalue weighted by Gasteiger charge is -2.22. The minimum absolute atomic E-state index is 0.175. The summed E-state index contributed by atoms with van der Waals surface area (Å²) >= 11 is 7.24. The van der Waals surface area contributed by atoms with Crippen LogP contribution in [0.2, 0.25) is 5.02 Å². The van der Waals surface area contributed by atoms with Gasteiger partial charge < -0.3 is 8.83 Å². The first-order chi connectivity index (χ1) is 16.5. The van der Waals surface area contributed by atoms with Crippen molar-refractivity contribution in [1.82, 2.24) is 15.2 Å². The second-order valence-corrected chi connectivity index (χ2v) is 9.65. The van der Waals surface area contributed by atoms with E-state index in [1.807, 2.05) is 67.6 Å². The van der Waals surface area contributed by atoms with Crippen LogP contribution in [0.5, 0.6) is 0 Å². The van der Waals surface area contributed by atoms with Gasteiger partial charge in [0.15, 0.2) is 0 Å². The highest BCUT2D eigenvalue weighted by atomic mass is 35.5. The van der Waals surface area contributed by atoms with Gasteiger partial charge in [0.05, 0.1) is 17.2 Å². The Bertz CT molecular complexity index is 1330. The Balaban J connectivity index is 1.37. The van der Waals surface area contributed by atoms with Crippen LogP contribution in [-0.2, 0) is 4.79 Å². The van der Waals surface area contributed by atoms with Crippen LogP contribution in [0.25, 0.3) is 11.5 Å². The van der Waals surface area contributed by atoms with Crippen molar-refractivity contribution in [3.63, 3.8) is 0 Å². The van der Waals surface area contributed by atoms with Crippen molar-refractivity contribution in [2.75, 3.05) is 0 Å². The predicted molar refractivity (Wildman–Crippen MR) is 131 cm³/mol. The smallest absolute Gasteiger partial charge is 0.277 e. The van der Waals surface area contributed by atoms with E-state index in [1.54, 1.807) is 13.2 Å². The van der Waals surface area contributed by atoms with Crippen molar-refractivity contribution in [2.24, 2.45) is 5.10 Å². The highest BCUT2D eigenvalue weighted by Crippen LogP contribution is 2.36. The van der Waals surface area contributed by atoms with Crippen LogP contribution in [0.4, 0.5) is 0 Å². The van der Waals surface area contributed by atoms with Crippen LogP contribution >= 0.6 is 23.4 Å². The molecule has 172 valence electrons. The summed E-state index contributed by atoms with van der Waals surface area (Å²) in [6, 6.07) is 18.5. The lowest BCUT2D eigenvalue weighted by atomic mass is 10.0. The predicted octanol–water partition coefficient (Wildman–Crippen LogP) is 6.15. The first-order valence-corrected chi connectivity index (χ1v) is 12.0. The number of nitrogens with zero attached hydrogens (tertiary/aromatic N) is 4. The molecule has 4 aromatic rings. The zero-order chi connectivity index (χ0) is 23.7. The number of hydrazone groups is 1. The molecule has 9 heteroatoms. The van der Waals surface area contributed by atoms with E-state index in [1.165, 1.54) is 16.8 Å². The maximum Gasteiger partial charge on any atom is 0.277 e. The first-order valence-electron chi connectivity index (χ1n) is 10.8. The quantitative estimate of drug-likeness (QED) is 0.300. The highest BCUT2D eigenvalue weighted by molar-refractivity contribution is 8.00. The van der Waals surface area contributed by atoms with E-state index in [0.717, 1.165) is 22.4 Å². The molecule has 1 aliphatic heterocycles. The van der Waals surface area contributed by atoms with Gasteiger partial charge in [-0.1, -0.05) is 53.7 Å². The van der Waals surface area contributed by atoms with Crippen molar-refractivity contribution in [3.05, 3.63) is 88.8 Å². The van der Waals surface area contributed by atoms with Gasteiger partial charge in [-0.3, -0.25) is 4.79 Å². The molecule has 0 saturated heterocycles. The van der Waals surface area contributed by atoms with Gasteiger partial charge in [-0.05, 0) is 55.3 Å². The molecule has 0 spiro atoms. The average molecular weight is 493 g/mol. The van der Waals surface area contributed by atoms with E-state index < -0.39 is 5.25 Å². The van der Waals surface area contributed by atoms with Gasteiger partial charge in [0, 0.05) is 17.0 Å². The molecule has 0 N–H and O–H groups in total. The minimum Gasteiger partial charge on any atom is -0.467 e. The normalized spacial score (nSPS) is 16.5. The Morgan fingerprint density at radius 2 is 1.91 bits per heavy atom. The fourth-order valence-corrected chi connectivity index (χ4v) is 4.65. The van der Waals surface area contributed by atoms with Crippen molar-refractivity contribution in [2.45, 2.75) is 36.8 Å². The van der Waals surface area contributed by atoms with Crippen molar-refractivity contribution in [3.8, 4) is 11.5 Å². The summed E-state index contributed by atoms with van der Waals surface area (Å²) in [4.78, 5) is 13.5. The first kappa shape index (κ1) is 22.4. The van der Waals surface area contributed by atoms with E-state index in [-0.39, 0.29) is 11.9 Å². The summed E-state index contributed by atoms with van der Waals surface area (Å²) < 4.78 is 11.5. The average Bonchev–Trinajstić information content (AvgIpc) is 3.60. The van der Waals surface area contributed by atoms with Gasteiger partial charge in [0.2, 0.25) is 5.89 Å². The van der Waals surface area contributed by atoms with Crippen LogP contribution in [0.3, 0.4) is 0 Å². The molecule has 0 fully saturated rings. The van der Waals surface area contributed by atoms with E-state index in [2.05, 4.69) is 15.3 Å². The molecule has 1 aliphatic rings. The molecule has 2 aromatic heterocycles. The molecule has 5 rings (SSSR count). The van der Waals surface area contributed by atoms with Gasteiger partial charge in [0.25, 0.3) is 11.1 Å². The van der Waals surface area contributed by atoms with Crippen molar-refractivity contribution < 1.29 is 13.6 Å². The van der Waals surface area contributed by atoms with Crippen molar-refractivity contribution >= 4 is 35.0 Å². The molecule has 34 heavy (non-hydrogen) atoms. The lowest BCUT2D eigenvalue weighted by Crippen LogP contribution is -2.33. The number of aryl methyl sites for hydroxylation is 1. The number of furan rings is 1. The molecule has 0 radical (unpaired) electrons. The Hall–Kier alpha value is -3.36. The summed E-state index contributed by atoms with van der Waals surface area (Å²) in [5.41, 5.74) is 3.62. The number of amides is 1. The van der Waals surface area contributed by atoms with E-state index in [0.29, 0.717) is 28.3 Å². The van der Waals surface area contributed by atoms with E-state index in [4.69, 9.17) is 20.4 Å². The molecule has 2 unspecified atom stereocenters. The topological polar surface area (TPSA) is 84.7 Å². The largest absolute Gasteiger partial charge is 0.467 e. The lowest BCUT2D eigenvalue weighted by molar-refractivity contribution is -0.132. The third-order valence-electron chi connectivity index (χ3n) is 5.59. The number of rotatable bonds is 6. The number of aromatic nitrogens is 2. The summed E-state index contributed by atoms with van der Waals surface area (Å²) in [7, 11) is 0. The number of carbonyl (C=O) groups excluding carboxylic acids is 1. The minimum atomic E-state index is -0.504. The zero-order valence-electron chi connectivity index (χ0n) is 18.5. The zero-order valence-corrected chi connectivity index (χ0v) is 20.1. The number of hydrogen-bond donors (Lipinski definition) is 0. The Labute approximate surface area is 205 Å². The Morgan fingerprint density at radius 3 is 2.65 bits per heavy atom. The summed E-state index contributed by atoms with van der Waals surface area (Å²) in [6.45, 7) is 3.79. The van der Waals surface area contributed by atoms with Gasteiger partial charge in [-0.15, -0.1) is 10.2 Å². The third-order valence-corrected chi connectivity index (χ3v) is 6.77. The van der Waals surface area contributed by atoms with E-state index in [9.17, 15) is 4.79 Å². The number of benzene rings is 2. The molecule has 7 nitrogen and oxygen atoms in total.